The van der Waals surface area contributed by atoms with Crippen LogP contribution < -0.4 is 14.5 Å². The highest BCUT2D eigenvalue weighted by Crippen LogP contribution is 2.42. The number of anilines is 2. The van der Waals surface area contributed by atoms with Crippen molar-refractivity contribution in [2.45, 2.75) is 39.2 Å². The molecule has 1 N–H and O–H groups in total. The van der Waals surface area contributed by atoms with Crippen molar-refractivity contribution >= 4 is 28.8 Å². The Morgan fingerprint density at radius 2 is 1.71 bits per heavy atom. The second kappa shape index (κ2) is 11.1. The van der Waals surface area contributed by atoms with E-state index in [-0.39, 0.29) is 11.3 Å². The molecule has 0 bridgehead atoms. The molecule has 2 aliphatic rings. The molecule has 2 aromatic carbocycles. The van der Waals surface area contributed by atoms with Crippen molar-refractivity contribution in [3.05, 3.63) is 89.8 Å². The molecule has 0 spiro atoms. The molecule has 1 amide bonds. The Morgan fingerprint density at radius 1 is 0.974 bits per heavy atom. The number of piperidine rings is 1. The zero-order valence-electron chi connectivity index (χ0n) is 21.8. The Balaban J connectivity index is 1.55. The van der Waals surface area contributed by atoms with E-state index in [1.807, 2.05) is 30.3 Å². The number of aromatic nitrogens is 1. The smallest absolute Gasteiger partial charge is 0.300 e. The van der Waals surface area contributed by atoms with Gasteiger partial charge in [-0.15, -0.1) is 0 Å². The van der Waals surface area contributed by atoms with E-state index in [9.17, 15) is 14.7 Å². The maximum atomic E-state index is 13.4. The first kappa shape index (κ1) is 25.5. The van der Waals surface area contributed by atoms with Gasteiger partial charge in [-0.25, -0.2) is 0 Å². The molecule has 0 saturated carbocycles. The molecule has 1 unspecified atom stereocenters. The number of aliphatic hydroxyl groups is 1. The second-order valence-corrected chi connectivity index (χ2v) is 10.2. The Kier molecular flexibility index (Phi) is 7.45. The fraction of sp³-hybridized carbons (Fsp3) is 0.323. The summed E-state index contributed by atoms with van der Waals surface area (Å²) in [6, 6.07) is 19.2. The summed E-state index contributed by atoms with van der Waals surface area (Å²) in [6.45, 7) is 6.65. The van der Waals surface area contributed by atoms with Crippen LogP contribution >= 0.6 is 0 Å². The van der Waals surface area contributed by atoms with Crippen molar-refractivity contribution in [3.63, 3.8) is 0 Å². The van der Waals surface area contributed by atoms with Gasteiger partial charge >= 0.3 is 0 Å². The largest absolute Gasteiger partial charge is 0.507 e. The van der Waals surface area contributed by atoms with Crippen LogP contribution in [0, 0.1) is 5.92 Å². The standard InChI is InChI=1S/C31H33N3O4/c1-21(2)20-38-25-10-8-9-22(19-25)29(35)27-28(26-11-4-5-16-32-26)34(31(37)30(27)36)24-14-12-23(13-15-24)33-17-6-3-7-18-33/h4-5,8-16,19,21,28,35H,3,6-7,17-18,20H2,1-2H3/b29-27+. The van der Waals surface area contributed by atoms with Gasteiger partial charge in [-0.3, -0.25) is 19.5 Å². The third-order valence-electron chi connectivity index (χ3n) is 6.95. The van der Waals surface area contributed by atoms with Crippen molar-refractivity contribution in [2.75, 3.05) is 29.5 Å². The molecule has 5 rings (SSSR count). The summed E-state index contributed by atoms with van der Waals surface area (Å²) in [5.41, 5.74) is 2.59. The van der Waals surface area contributed by atoms with Gasteiger partial charge in [0.25, 0.3) is 11.7 Å². The van der Waals surface area contributed by atoms with Crippen LogP contribution in [0.3, 0.4) is 0 Å². The maximum Gasteiger partial charge on any atom is 0.300 e. The molecule has 2 saturated heterocycles. The molecule has 7 nitrogen and oxygen atoms in total. The molecule has 3 aromatic rings. The fourth-order valence-corrected chi connectivity index (χ4v) is 5.04. The first-order chi connectivity index (χ1) is 18.4. The minimum atomic E-state index is -0.864. The van der Waals surface area contributed by atoms with E-state index < -0.39 is 17.7 Å². The summed E-state index contributed by atoms with van der Waals surface area (Å²) < 4.78 is 5.82. The normalized spacial score (nSPS) is 19.3. The SMILES string of the molecule is CC(C)COc1cccc(/C(O)=C2\C(=O)C(=O)N(c3ccc(N4CCCCC4)cc3)C2c2ccccn2)c1. The van der Waals surface area contributed by atoms with Crippen molar-refractivity contribution in [3.8, 4) is 5.75 Å². The van der Waals surface area contributed by atoms with Crippen LogP contribution in [-0.4, -0.2) is 41.5 Å². The third-order valence-corrected chi connectivity index (χ3v) is 6.95. The van der Waals surface area contributed by atoms with Gasteiger partial charge in [0.15, 0.2) is 0 Å². The Bertz CT molecular complexity index is 1330. The topological polar surface area (TPSA) is 83.0 Å². The minimum absolute atomic E-state index is 0.00909. The predicted molar refractivity (Wildman–Crippen MR) is 148 cm³/mol. The van der Waals surface area contributed by atoms with Crippen LogP contribution in [0.4, 0.5) is 11.4 Å². The van der Waals surface area contributed by atoms with Crippen LogP contribution in [0.1, 0.15) is 50.4 Å². The first-order valence-electron chi connectivity index (χ1n) is 13.2. The highest BCUT2D eigenvalue weighted by molar-refractivity contribution is 6.51. The Hall–Kier alpha value is -4.13. The van der Waals surface area contributed by atoms with E-state index in [0.29, 0.717) is 35.2 Å². The molecular formula is C31H33N3O4. The number of nitrogens with zero attached hydrogens (tertiary/aromatic N) is 3. The highest BCUT2D eigenvalue weighted by atomic mass is 16.5. The summed E-state index contributed by atoms with van der Waals surface area (Å²) in [5.74, 6) is -0.768. The number of benzene rings is 2. The highest BCUT2D eigenvalue weighted by Gasteiger charge is 2.47. The molecule has 0 aliphatic carbocycles. The number of amides is 1. The van der Waals surface area contributed by atoms with E-state index >= 15 is 0 Å². The van der Waals surface area contributed by atoms with Gasteiger partial charge < -0.3 is 14.7 Å². The van der Waals surface area contributed by atoms with Crippen LogP contribution in [0.15, 0.2) is 78.5 Å². The average molecular weight is 512 g/mol. The number of pyridine rings is 1. The Morgan fingerprint density at radius 3 is 2.39 bits per heavy atom. The quantitative estimate of drug-likeness (QED) is 0.248. The molecule has 7 heteroatoms. The van der Waals surface area contributed by atoms with Crippen molar-refractivity contribution < 1.29 is 19.4 Å². The molecule has 3 heterocycles. The summed E-state index contributed by atoms with van der Waals surface area (Å²) in [5, 5.41) is 11.4. The zero-order chi connectivity index (χ0) is 26.6. The van der Waals surface area contributed by atoms with Crippen LogP contribution in [0.5, 0.6) is 5.75 Å². The van der Waals surface area contributed by atoms with Gasteiger partial charge in [0.2, 0.25) is 0 Å². The van der Waals surface area contributed by atoms with E-state index in [1.165, 1.54) is 24.2 Å². The number of aliphatic hydroxyl groups excluding tert-OH is 1. The van der Waals surface area contributed by atoms with Crippen molar-refractivity contribution in [1.29, 1.82) is 0 Å². The number of carbonyl (C=O) groups is 2. The van der Waals surface area contributed by atoms with E-state index in [4.69, 9.17) is 4.74 Å². The van der Waals surface area contributed by atoms with E-state index in [1.54, 1.807) is 42.6 Å². The van der Waals surface area contributed by atoms with Gasteiger partial charge in [-0.1, -0.05) is 32.0 Å². The molecular weight excluding hydrogens is 478 g/mol. The molecule has 2 aliphatic heterocycles. The summed E-state index contributed by atoms with van der Waals surface area (Å²) in [4.78, 5) is 35.1. The van der Waals surface area contributed by atoms with Crippen LogP contribution in [0.2, 0.25) is 0 Å². The predicted octanol–water partition coefficient (Wildman–Crippen LogP) is 5.73. The number of carbonyl (C=O) groups excluding carboxylic acids is 2. The lowest BCUT2D eigenvalue weighted by atomic mass is 9.98. The summed E-state index contributed by atoms with van der Waals surface area (Å²) >= 11 is 0. The van der Waals surface area contributed by atoms with Crippen LogP contribution in [0.25, 0.3) is 5.76 Å². The lowest BCUT2D eigenvalue weighted by Gasteiger charge is -2.30. The number of Topliss-reactive ketones (excluding diaryl/α,β-unsaturated/α-hetero) is 1. The van der Waals surface area contributed by atoms with E-state index in [2.05, 4.69) is 23.7 Å². The van der Waals surface area contributed by atoms with E-state index in [0.717, 1.165) is 18.8 Å². The van der Waals surface area contributed by atoms with Gasteiger partial charge in [0, 0.05) is 36.2 Å². The molecule has 38 heavy (non-hydrogen) atoms. The fourth-order valence-electron chi connectivity index (χ4n) is 5.04. The zero-order valence-corrected chi connectivity index (χ0v) is 21.8. The number of hydrogen-bond donors (Lipinski definition) is 1. The third kappa shape index (κ3) is 5.14. The van der Waals surface area contributed by atoms with Gasteiger partial charge in [0.05, 0.1) is 17.9 Å². The summed E-state index contributed by atoms with van der Waals surface area (Å²) in [6.07, 6.45) is 5.20. The average Bonchev–Trinajstić information content (AvgIpc) is 3.22. The number of ketones is 1. The molecule has 1 aromatic heterocycles. The summed E-state index contributed by atoms with van der Waals surface area (Å²) in [7, 11) is 0. The van der Waals surface area contributed by atoms with Crippen molar-refractivity contribution in [1.82, 2.24) is 4.98 Å². The monoisotopic (exact) mass is 511 g/mol. The molecule has 2 fully saturated rings. The molecule has 0 radical (unpaired) electrons. The number of rotatable bonds is 7. The Labute approximate surface area is 223 Å². The number of ether oxygens (including phenoxy) is 1. The van der Waals surface area contributed by atoms with Crippen molar-refractivity contribution in [2.24, 2.45) is 5.92 Å². The minimum Gasteiger partial charge on any atom is -0.507 e. The van der Waals surface area contributed by atoms with Crippen LogP contribution in [-0.2, 0) is 9.59 Å². The lowest BCUT2D eigenvalue weighted by molar-refractivity contribution is -0.132. The number of hydrogen-bond acceptors (Lipinski definition) is 6. The second-order valence-electron chi connectivity index (χ2n) is 10.2. The first-order valence-corrected chi connectivity index (χ1v) is 13.2. The lowest BCUT2D eigenvalue weighted by Crippen LogP contribution is -2.31. The molecule has 196 valence electrons. The maximum absolute atomic E-state index is 13.4. The molecule has 1 atom stereocenters. The van der Waals surface area contributed by atoms with Gasteiger partial charge in [-0.2, -0.15) is 0 Å². The van der Waals surface area contributed by atoms with Gasteiger partial charge in [0.1, 0.15) is 17.6 Å². The van der Waals surface area contributed by atoms with Gasteiger partial charge in [-0.05, 0) is 73.7 Å².